The monoisotopic (exact) mass is 529 g/mol. The second-order valence-electron chi connectivity index (χ2n) is 9.63. The van der Waals surface area contributed by atoms with Gasteiger partial charge < -0.3 is 14.7 Å². The molecule has 0 saturated carbocycles. The van der Waals surface area contributed by atoms with Crippen LogP contribution in [0.25, 0.3) is 11.4 Å². The van der Waals surface area contributed by atoms with Gasteiger partial charge in [0.2, 0.25) is 5.89 Å². The minimum atomic E-state index is -1.17. The molecule has 11 nitrogen and oxygen atoms in total. The fourth-order valence-electron chi connectivity index (χ4n) is 5.17. The van der Waals surface area contributed by atoms with Crippen molar-refractivity contribution in [3.63, 3.8) is 0 Å². The molecule has 12 heteroatoms. The van der Waals surface area contributed by atoms with E-state index in [-0.39, 0.29) is 18.0 Å². The molecule has 0 amide bonds. The summed E-state index contributed by atoms with van der Waals surface area (Å²) in [4.78, 5) is 24.5. The minimum Gasteiger partial charge on any atom is -0.390 e. The van der Waals surface area contributed by atoms with Gasteiger partial charge in [-0.15, -0.1) is 5.10 Å². The molecule has 0 aromatic carbocycles. The molecule has 0 saturated heterocycles. The fourth-order valence-corrected chi connectivity index (χ4v) is 5.17. The van der Waals surface area contributed by atoms with Gasteiger partial charge in [0.25, 0.3) is 0 Å². The van der Waals surface area contributed by atoms with E-state index in [0.29, 0.717) is 36.6 Å². The molecular formula is C27H28FN9O2. The van der Waals surface area contributed by atoms with E-state index in [4.69, 9.17) is 4.42 Å². The quantitative estimate of drug-likeness (QED) is 0.309. The summed E-state index contributed by atoms with van der Waals surface area (Å²) in [5.74, 6) is -0.242. The summed E-state index contributed by atoms with van der Waals surface area (Å²) in [7, 11) is 0. The van der Waals surface area contributed by atoms with Crippen molar-refractivity contribution in [3.05, 3.63) is 106 Å². The summed E-state index contributed by atoms with van der Waals surface area (Å²) < 4.78 is 20.9. The van der Waals surface area contributed by atoms with Gasteiger partial charge in [0.05, 0.1) is 36.0 Å². The number of pyridine rings is 1. The number of H-pyrrole nitrogens is 2. The van der Waals surface area contributed by atoms with Crippen LogP contribution in [0.1, 0.15) is 50.0 Å². The number of imidazole rings is 1. The maximum absolute atomic E-state index is 13.4. The van der Waals surface area contributed by atoms with Crippen molar-refractivity contribution in [2.75, 3.05) is 0 Å². The first-order valence-corrected chi connectivity index (χ1v) is 12.8. The summed E-state index contributed by atoms with van der Waals surface area (Å²) in [5.41, 5.74) is 2.76. The molecule has 2 unspecified atom stereocenters. The third kappa shape index (κ3) is 4.52. The van der Waals surface area contributed by atoms with E-state index in [2.05, 4.69) is 60.0 Å². The average molecular weight is 530 g/mol. The topological polar surface area (TPSA) is 142 Å². The zero-order chi connectivity index (χ0) is 27.0. The van der Waals surface area contributed by atoms with Crippen molar-refractivity contribution in [2.24, 2.45) is 0 Å². The van der Waals surface area contributed by atoms with Crippen LogP contribution in [0.5, 0.6) is 0 Å². The zero-order valence-electron chi connectivity index (χ0n) is 21.5. The molecule has 2 aliphatic heterocycles. The predicted molar refractivity (Wildman–Crippen MR) is 141 cm³/mol. The summed E-state index contributed by atoms with van der Waals surface area (Å²) in [5, 5.41) is 18.7. The highest BCUT2D eigenvalue weighted by Crippen LogP contribution is 2.45. The highest BCUT2D eigenvalue weighted by atomic mass is 19.1. The molecule has 6 rings (SSSR count). The van der Waals surface area contributed by atoms with Crippen LogP contribution in [-0.2, 0) is 12.1 Å². The van der Waals surface area contributed by atoms with Gasteiger partial charge in [-0.25, -0.2) is 19.3 Å². The lowest BCUT2D eigenvalue weighted by Crippen LogP contribution is -2.55. The van der Waals surface area contributed by atoms with E-state index in [9.17, 15) is 9.18 Å². The third-order valence-corrected chi connectivity index (χ3v) is 7.03. The van der Waals surface area contributed by atoms with Crippen LogP contribution < -0.4 is 16.4 Å². The van der Waals surface area contributed by atoms with Gasteiger partial charge in [-0.2, -0.15) is 5.10 Å². The molecule has 6 heterocycles. The van der Waals surface area contributed by atoms with Crippen molar-refractivity contribution in [1.82, 2.24) is 45.6 Å². The minimum absolute atomic E-state index is 0.0258. The van der Waals surface area contributed by atoms with Crippen molar-refractivity contribution in [3.8, 4) is 11.4 Å². The van der Waals surface area contributed by atoms with E-state index in [1.807, 2.05) is 30.0 Å². The highest BCUT2D eigenvalue weighted by molar-refractivity contribution is 5.53. The molecular weight excluding hydrogens is 501 g/mol. The van der Waals surface area contributed by atoms with Crippen LogP contribution in [0, 0.1) is 5.82 Å². The molecule has 0 spiro atoms. The summed E-state index contributed by atoms with van der Waals surface area (Å²) in [6, 6.07) is 2.61. The molecule has 2 aliphatic rings. The SMILES string of the molecule is CCn1cc(C2(c3n[nH]c(=O)o3)N[C@@H](c3ncc(-c4ccc(F)cn4)[nH]3)CC3=C2NC(C)/C=C\C=C/C3)cn1. The number of hydrogen-bond donors (Lipinski definition) is 4. The molecule has 200 valence electrons. The van der Waals surface area contributed by atoms with Crippen molar-refractivity contribution in [2.45, 2.75) is 50.9 Å². The molecule has 39 heavy (non-hydrogen) atoms. The van der Waals surface area contributed by atoms with Crippen molar-refractivity contribution in [1.29, 1.82) is 0 Å². The van der Waals surface area contributed by atoms with E-state index in [1.54, 1.807) is 18.5 Å². The summed E-state index contributed by atoms with van der Waals surface area (Å²) in [6.07, 6.45) is 16.0. The van der Waals surface area contributed by atoms with Crippen LogP contribution in [0.4, 0.5) is 4.39 Å². The van der Waals surface area contributed by atoms with Gasteiger partial charge >= 0.3 is 5.76 Å². The second-order valence-corrected chi connectivity index (χ2v) is 9.63. The number of aryl methyl sites for hydroxylation is 1. The Bertz CT molecular complexity index is 1620. The van der Waals surface area contributed by atoms with Gasteiger partial charge in [0.15, 0.2) is 5.54 Å². The van der Waals surface area contributed by atoms with Gasteiger partial charge in [-0.3, -0.25) is 15.0 Å². The molecule has 4 N–H and O–H groups in total. The summed E-state index contributed by atoms with van der Waals surface area (Å²) >= 11 is 0. The van der Waals surface area contributed by atoms with Gasteiger partial charge in [0.1, 0.15) is 11.6 Å². The Labute approximate surface area is 223 Å². The van der Waals surface area contributed by atoms with Gasteiger partial charge in [0, 0.05) is 30.0 Å². The molecule has 4 aromatic rings. The Hall–Kier alpha value is -4.58. The van der Waals surface area contributed by atoms with Crippen LogP contribution >= 0.6 is 0 Å². The van der Waals surface area contributed by atoms with Crippen molar-refractivity contribution >= 4 is 0 Å². The number of nitrogens with zero attached hydrogens (tertiary/aromatic N) is 5. The molecule has 0 radical (unpaired) electrons. The number of halogens is 1. The molecule has 0 aliphatic carbocycles. The summed E-state index contributed by atoms with van der Waals surface area (Å²) in [6.45, 7) is 4.73. The Kier molecular flexibility index (Phi) is 6.31. The normalized spacial score (nSPS) is 24.8. The smallest absolute Gasteiger partial charge is 0.390 e. The lowest BCUT2D eigenvalue weighted by atomic mass is 9.78. The first-order valence-electron chi connectivity index (χ1n) is 12.8. The second kappa shape index (κ2) is 9.95. The van der Waals surface area contributed by atoms with E-state index >= 15 is 0 Å². The first kappa shape index (κ1) is 24.7. The fraction of sp³-hybridized carbons (Fsp3) is 0.296. The average Bonchev–Trinajstić information content (AvgIpc) is 3.71. The number of allylic oxidation sites excluding steroid dienone is 3. The maximum atomic E-state index is 13.4. The highest BCUT2D eigenvalue weighted by Gasteiger charge is 2.50. The van der Waals surface area contributed by atoms with Crippen LogP contribution in [0.3, 0.4) is 0 Å². The van der Waals surface area contributed by atoms with Crippen molar-refractivity contribution < 1.29 is 8.81 Å². The zero-order valence-corrected chi connectivity index (χ0v) is 21.5. The Balaban J connectivity index is 1.53. The van der Waals surface area contributed by atoms with Crippen LogP contribution in [0.2, 0.25) is 0 Å². The maximum Gasteiger partial charge on any atom is 0.434 e. The molecule has 0 fully saturated rings. The lowest BCUT2D eigenvalue weighted by Gasteiger charge is -2.43. The number of hydrogen-bond acceptors (Lipinski definition) is 8. The third-order valence-electron chi connectivity index (χ3n) is 7.03. The Morgan fingerprint density at radius 1 is 1.21 bits per heavy atom. The standard InChI is InChI=1S/C27H28FN9O2/c1-3-37-15-18(12-31-37)27(25-35-36-26(38)39-25)23-17(8-6-4-5-7-16(2)32-23)11-21(34-27)24-30-14-22(33-24)20-10-9-19(28)13-29-20/h4-7,9-10,12-16,21,32,34H,3,8,11H2,1-2H3,(H,30,33)(H,36,38)/b6-4-,7-5-/t16?,21-,27?/m1/s1. The Morgan fingerprint density at radius 2 is 2.10 bits per heavy atom. The number of aromatic nitrogens is 7. The Morgan fingerprint density at radius 3 is 2.85 bits per heavy atom. The first-order chi connectivity index (χ1) is 19.0. The number of rotatable bonds is 5. The molecule has 0 bridgehead atoms. The predicted octanol–water partition coefficient (Wildman–Crippen LogP) is 3.23. The van der Waals surface area contributed by atoms with Crippen LogP contribution in [0.15, 0.2) is 81.7 Å². The number of aromatic amines is 2. The van der Waals surface area contributed by atoms with Gasteiger partial charge in [-0.1, -0.05) is 24.3 Å². The van der Waals surface area contributed by atoms with Crippen LogP contribution in [-0.4, -0.2) is 41.0 Å². The lowest BCUT2D eigenvalue weighted by molar-refractivity contribution is 0.267. The largest absolute Gasteiger partial charge is 0.434 e. The molecule has 3 atom stereocenters. The van der Waals surface area contributed by atoms with E-state index < -0.39 is 17.1 Å². The molecule has 4 aromatic heterocycles. The van der Waals surface area contributed by atoms with Gasteiger partial charge in [-0.05, 0) is 44.4 Å². The van der Waals surface area contributed by atoms with E-state index in [0.717, 1.165) is 16.8 Å². The number of nitrogens with one attached hydrogen (secondary N) is 4. The van der Waals surface area contributed by atoms with E-state index in [1.165, 1.54) is 12.3 Å².